The zero-order valence-electron chi connectivity index (χ0n) is 13.0. The summed E-state index contributed by atoms with van der Waals surface area (Å²) in [6, 6.07) is 5.79. The Morgan fingerprint density at radius 3 is 2.76 bits per heavy atom. The summed E-state index contributed by atoms with van der Waals surface area (Å²) in [6.07, 6.45) is 0.857. The van der Waals surface area contributed by atoms with Gasteiger partial charge in [0.15, 0.2) is 5.11 Å². The minimum absolute atomic E-state index is 0.167. The van der Waals surface area contributed by atoms with Gasteiger partial charge in [0.05, 0.1) is 0 Å². The van der Waals surface area contributed by atoms with E-state index in [4.69, 9.17) is 17.0 Å². The van der Waals surface area contributed by atoms with E-state index >= 15 is 0 Å². The number of methoxy groups -OCH3 is 1. The number of hydrogen-bond donors (Lipinski definition) is 2. The number of benzene rings is 1. The molecule has 0 unspecified atom stereocenters. The molecule has 0 atom stereocenters. The fourth-order valence-corrected chi connectivity index (χ4v) is 1.92. The van der Waals surface area contributed by atoms with Crippen LogP contribution in [0.4, 0.5) is 0 Å². The summed E-state index contributed by atoms with van der Waals surface area (Å²) in [7, 11) is 3.38. The summed E-state index contributed by atoms with van der Waals surface area (Å²) < 4.78 is 4.96. The Hall–Kier alpha value is -1.66. The molecule has 6 heteroatoms. The van der Waals surface area contributed by atoms with Crippen LogP contribution in [0.1, 0.15) is 27.9 Å². The van der Waals surface area contributed by atoms with Crippen molar-refractivity contribution in [3.05, 3.63) is 34.9 Å². The van der Waals surface area contributed by atoms with Crippen LogP contribution in [-0.4, -0.2) is 43.3 Å². The van der Waals surface area contributed by atoms with Crippen molar-refractivity contribution in [3.8, 4) is 0 Å². The Morgan fingerprint density at radius 2 is 2.10 bits per heavy atom. The van der Waals surface area contributed by atoms with Crippen molar-refractivity contribution in [3.63, 3.8) is 0 Å². The van der Waals surface area contributed by atoms with Gasteiger partial charge < -0.3 is 10.1 Å². The third kappa shape index (κ3) is 5.69. The van der Waals surface area contributed by atoms with Gasteiger partial charge in [-0.1, -0.05) is 17.7 Å². The molecule has 0 aliphatic heterocycles. The highest BCUT2D eigenvalue weighted by molar-refractivity contribution is 7.80. The molecule has 1 amide bonds. The van der Waals surface area contributed by atoms with Gasteiger partial charge in [-0.3, -0.25) is 15.2 Å². The van der Waals surface area contributed by atoms with Crippen molar-refractivity contribution in [1.29, 1.82) is 0 Å². The van der Waals surface area contributed by atoms with Crippen molar-refractivity contribution in [2.45, 2.75) is 20.3 Å². The molecule has 0 aromatic heterocycles. The number of carbonyl (C=O) groups excluding carboxylic acids is 1. The highest BCUT2D eigenvalue weighted by atomic mass is 32.1. The monoisotopic (exact) mass is 309 g/mol. The number of amides is 1. The average molecular weight is 309 g/mol. The lowest BCUT2D eigenvalue weighted by molar-refractivity contribution is 0.0885. The fraction of sp³-hybridized carbons (Fsp3) is 0.467. The van der Waals surface area contributed by atoms with Gasteiger partial charge in [-0.25, -0.2) is 0 Å². The third-order valence-corrected chi connectivity index (χ3v) is 3.43. The van der Waals surface area contributed by atoms with E-state index in [1.54, 1.807) is 14.2 Å². The van der Waals surface area contributed by atoms with E-state index in [1.165, 1.54) is 5.01 Å². The summed E-state index contributed by atoms with van der Waals surface area (Å²) in [5.74, 6) is -0.167. The number of thiocarbonyl (C=S) groups is 1. The van der Waals surface area contributed by atoms with E-state index in [0.29, 0.717) is 23.8 Å². The average Bonchev–Trinajstić information content (AvgIpc) is 2.45. The Kier molecular flexibility index (Phi) is 7.11. The first-order valence-electron chi connectivity index (χ1n) is 6.84. The molecule has 0 heterocycles. The van der Waals surface area contributed by atoms with Crippen molar-refractivity contribution in [2.24, 2.45) is 0 Å². The molecule has 0 saturated carbocycles. The SMILES string of the molecule is COCCCNC(=S)N(C)NC(=O)c1cc(C)ccc1C. The maximum atomic E-state index is 12.2. The highest BCUT2D eigenvalue weighted by Gasteiger charge is 2.12. The van der Waals surface area contributed by atoms with Gasteiger partial charge in [0, 0.05) is 32.9 Å². The summed E-state index contributed by atoms with van der Waals surface area (Å²) in [5, 5.41) is 5.06. The first-order valence-corrected chi connectivity index (χ1v) is 7.25. The smallest absolute Gasteiger partial charge is 0.270 e. The molecule has 21 heavy (non-hydrogen) atoms. The topological polar surface area (TPSA) is 53.6 Å². The van der Waals surface area contributed by atoms with Gasteiger partial charge in [0.25, 0.3) is 5.91 Å². The summed E-state index contributed by atoms with van der Waals surface area (Å²) in [4.78, 5) is 12.2. The van der Waals surface area contributed by atoms with Crippen LogP contribution in [0.15, 0.2) is 18.2 Å². The van der Waals surface area contributed by atoms with E-state index in [2.05, 4.69) is 10.7 Å². The van der Waals surface area contributed by atoms with Gasteiger partial charge >= 0.3 is 0 Å². The van der Waals surface area contributed by atoms with E-state index in [0.717, 1.165) is 17.5 Å². The predicted octanol–water partition coefficient (Wildman–Crippen LogP) is 1.79. The maximum Gasteiger partial charge on any atom is 0.270 e. The third-order valence-electron chi connectivity index (χ3n) is 3.01. The first kappa shape index (κ1) is 17.4. The first-order chi connectivity index (χ1) is 9.95. The van der Waals surface area contributed by atoms with Gasteiger partial charge in [-0.05, 0) is 44.1 Å². The minimum Gasteiger partial charge on any atom is -0.385 e. The van der Waals surface area contributed by atoms with Crippen molar-refractivity contribution < 1.29 is 9.53 Å². The van der Waals surface area contributed by atoms with Gasteiger partial charge in [-0.2, -0.15) is 0 Å². The van der Waals surface area contributed by atoms with Gasteiger partial charge in [0.1, 0.15) is 0 Å². The molecule has 2 N–H and O–H groups in total. The van der Waals surface area contributed by atoms with E-state index < -0.39 is 0 Å². The number of nitrogens with zero attached hydrogens (tertiary/aromatic N) is 1. The number of rotatable bonds is 5. The standard InChI is InChI=1S/C15H23N3O2S/c1-11-6-7-12(2)13(10-11)14(19)17-18(3)15(21)16-8-5-9-20-4/h6-7,10H,5,8-9H2,1-4H3,(H,16,21)(H,17,19). The number of aryl methyl sites for hydroxylation is 2. The van der Waals surface area contributed by atoms with Crippen LogP contribution in [0.25, 0.3) is 0 Å². The molecule has 0 bridgehead atoms. The molecular formula is C15H23N3O2S. The molecule has 1 aromatic carbocycles. The molecule has 0 aliphatic carbocycles. The van der Waals surface area contributed by atoms with E-state index in [-0.39, 0.29) is 5.91 Å². The van der Waals surface area contributed by atoms with Crippen LogP contribution in [0.3, 0.4) is 0 Å². The van der Waals surface area contributed by atoms with E-state index in [9.17, 15) is 4.79 Å². The lowest BCUT2D eigenvalue weighted by Gasteiger charge is -2.22. The number of ether oxygens (including phenoxy) is 1. The minimum atomic E-state index is -0.167. The van der Waals surface area contributed by atoms with Crippen LogP contribution < -0.4 is 10.7 Å². The number of hydrogen-bond acceptors (Lipinski definition) is 3. The summed E-state index contributed by atoms with van der Waals surface area (Å²) in [6.45, 7) is 5.25. The molecule has 5 nitrogen and oxygen atoms in total. The molecule has 0 saturated heterocycles. The van der Waals surface area contributed by atoms with Crippen LogP contribution in [-0.2, 0) is 4.74 Å². The van der Waals surface area contributed by atoms with E-state index in [1.807, 2.05) is 32.0 Å². The molecule has 0 aliphatic rings. The number of hydrazine groups is 1. The Balaban J connectivity index is 2.53. The second-order valence-corrected chi connectivity index (χ2v) is 5.28. The quantitative estimate of drug-likeness (QED) is 0.493. The molecule has 0 spiro atoms. The Labute approximate surface area is 131 Å². The normalized spacial score (nSPS) is 10.1. The molecule has 1 aromatic rings. The van der Waals surface area contributed by atoms with Crippen LogP contribution in [0, 0.1) is 13.8 Å². The van der Waals surface area contributed by atoms with Gasteiger partial charge in [-0.15, -0.1) is 0 Å². The van der Waals surface area contributed by atoms with Gasteiger partial charge in [0.2, 0.25) is 0 Å². The molecule has 0 radical (unpaired) electrons. The number of carbonyl (C=O) groups is 1. The second kappa shape index (κ2) is 8.59. The zero-order chi connectivity index (χ0) is 15.8. The Bertz CT molecular complexity index is 506. The maximum absolute atomic E-state index is 12.2. The van der Waals surface area contributed by atoms with Crippen molar-refractivity contribution in [2.75, 3.05) is 27.3 Å². The molecule has 116 valence electrons. The van der Waals surface area contributed by atoms with Crippen molar-refractivity contribution in [1.82, 2.24) is 15.8 Å². The largest absolute Gasteiger partial charge is 0.385 e. The lowest BCUT2D eigenvalue weighted by Crippen LogP contribution is -2.48. The number of nitrogens with one attached hydrogen (secondary N) is 2. The highest BCUT2D eigenvalue weighted by Crippen LogP contribution is 2.10. The summed E-state index contributed by atoms with van der Waals surface area (Å²) >= 11 is 5.21. The molecule has 1 rings (SSSR count). The second-order valence-electron chi connectivity index (χ2n) is 4.90. The van der Waals surface area contributed by atoms with Crippen molar-refractivity contribution >= 4 is 23.2 Å². The predicted molar refractivity (Wildman–Crippen MR) is 88.2 cm³/mol. The van der Waals surface area contributed by atoms with Crippen LogP contribution in [0.5, 0.6) is 0 Å². The zero-order valence-corrected chi connectivity index (χ0v) is 13.8. The lowest BCUT2D eigenvalue weighted by atomic mass is 10.1. The van der Waals surface area contributed by atoms with Crippen LogP contribution in [0.2, 0.25) is 0 Å². The molecule has 0 fully saturated rings. The molecular weight excluding hydrogens is 286 g/mol. The fourth-order valence-electron chi connectivity index (χ4n) is 1.77. The Morgan fingerprint density at radius 1 is 1.38 bits per heavy atom. The summed E-state index contributed by atoms with van der Waals surface area (Å²) in [5.41, 5.74) is 5.41. The van der Waals surface area contributed by atoms with Crippen LogP contribution >= 0.6 is 12.2 Å².